The Balaban J connectivity index is 1.46. The zero-order chi connectivity index (χ0) is 26.5. The molecule has 2 aromatic heterocycles. The highest BCUT2D eigenvalue weighted by Gasteiger charge is 2.58. The first-order valence-corrected chi connectivity index (χ1v) is 13.2. The lowest BCUT2D eigenvalue weighted by Crippen LogP contribution is -2.46. The molecular weight excluding hydrogens is 533 g/mol. The van der Waals surface area contributed by atoms with E-state index in [2.05, 4.69) is 14.5 Å². The molecule has 16 heteroatoms. The Morgan fingerprint density at radius 1 is 1.27 bits per heavy atom. The standard InChI is InChI=1S/C21H25ClN5O9P/c1-21(2)35-15-13(9-33-37(29,30)31)34-19(16(15)36-21)27-10-26(14-17(27)24-20(23)25-18(14)28)7-8-32-12-5-3-11(22)4-6-12/h3-6,10,13,15-16,19H,7-9H2,1-2H3,(H4-,23,24,25,28,29,30,31)/p+1/t13-,15-,16-,19-/m1/s1. The van der Waals surface area contributed by atoms with Crippen LogP contribution in [0, 0.1) is 0 Å². The molecule has 0 amide bonds. The maximum absolute atomic E-state index is 12.9. The first kappa shape index (κ1) is 26.1. The minimum atomic E-state index is -4.75. The average Bonchev–Trinajstić information content (AvgIpc) is 3.41. The summed E-state index contributed by atoms with van der Waals surface area (Å²) in [7, 11) is -4.75. The smallest absolute Gasteiger partial charge is 0.469 e. The van der Waals surface area contributed by atoms with Crippen molar-refractivity contribution >= 4 is 36.5 Å². The number of halogens is 1. The Kier molecular flexibility index (Phi) is 6.79. The van der Waals surface area contributed by atoms with Crippen LogP contribution in [0.25, 0.3) is 11.2 Å². The second-order valence-corrected chi connectivity index (χ2v) is 10.7. The van der Waals surface area contributed by atoms with Gasteiger partial charge in [-0.2, -0.15) is 0 Å². The number of H-pyrrole nitrogens is 1. The van der Waals surface area contributed by atoms with Gasteiger partial charge in [-0.1, -0.05) is 16.6 Å². The van der Waals surface area contributed by atoms with Gasteiger partial charge >= 0.3 is 13.5 Å². The molecule has 2 saturated heterocycles. The zero-order valence-electron chi connectivity index (χ0n) is 19.8. The summed E-state index contributed by atoms with van der Waals surface area (Å²) in [5.41, 5.74) is 5.82. The Bertz CT molecular complexity index is 1410. The van der Waals surface area contributed by atoms with Gasteiger partial charge in [0.25, 0.3) is 11.5 Å². The largest absolute Gasteiger partial charge is 0.490 e. The third-order valence-corrected chi connectivity index (χ3v) is 6.65. The molecule has 5 N–H and O–H groups in total. The lowest BCUT2D eigenvalue weighted by atomic mass is 10.1. The van der Waals surface area contributed by atoms with Crippen LogP contribution in [0.3, 0.4) is 0 Å². The van der Waals surface area contributed by atoms with Crippen LogP contribution in [0.5, 0.6) is 5.75 Å². The predicted octanol–water partition coefficient (Wildman–Crippen LogP) is 0.853. The number of nitrogens with one attached hydrogen (secondary N) is 1. The maximum atomic E-state index is 12.9. The number of imidazole rings is 1. The van der Waals surface area contributed by atoms with Crippen LogP contribution in [0.2, 0.25) is 5.02 Å². The first-order chi connectivity index (χ1) is 17.4. The van der Waals surface area contributed by atoms with Crippen LogP contribution in [0.4, 0.5) is 5.95 Å². The summed E-state index contributed by atoms with van der Waals surface area (Å²) in [5.74, 6) is -0.479. The summed E-state index contributed by atoms with van der Waals surface area (Å²) >= 11 is 5.92. The molecule has 0 bridgehead atoms. The van der Waals surface area contributed by atoms with E-state index in [9.17, 15) is 9.36 Å². The monoisotopic (exact) mass is 558 g/mol. The zero-order valence-corrected chi connectivity index (χ0v) is 21.5. The molecule has 200 valence electrons. The number of ether oxygens (including phenoxy) is 4. The minimum absolute atomic E-state index is 0.0961. The Hall–Kier alpha value is -2.55. The van der Waals surface area contributed by atoms with Crippen molar-refractivity contribution in [2.45, 2.75) is 50.7 Å². The molecule has 0 unspecified atom stereocenters. The van der Waals surface area contributed by atoms with Gasteiger partial charge < -0.3 is 34.5 Å². The van der Waals surface area contributed by atoms with E-state index in [1.165, 1.54) is 0 Å². The molecule has 0 aliphatic carbocycles. The Morgan fingerprint density at radius 2 is 1.97 bits per heavy atom. The third kappa shape index (κ3) is 5.52. The molecule has 1 aromatic carbocycles. The molecule has 0 saturated carbocycles. The van der Waals surface area contributed by atoms with Gasteiger partial charge in [-0.25, -0.2) is 9.13 Å². The van der Waals surface area contributed by atoms with E-state index in [1.54, 1.807) is 53.6 Å². The number of fused-ring (bicyclic) bond motifs is 2. The van der Waals surface area contributed by atoms with E-state index in [0.717, 1.165) is 0 Å². The van der Waals surface area contributed by atoms with Crippen molar-refractivity contribution in [2.75, 3.05) is 18.9 Å². The predicted molar refractivity (Wildman–Crippen MR) is 128 cm³/mol. The van der Waals surface area contributed by atoms with E-state index in [1.807, 2.05) is 0 Å². The highest BCUT2D eigenvalue weighted by Crippen LogP contribution is 2.44. The SMILES string of the molecule is CC1(C)O[C@@H]2[C@H](O1)[C@@H](COP(=O)(O)O)O[C@H]2[n+]1cn(CCOc2ccc(Cl)cc2)c2c(=O)[nH]c(N)nc21. The summed E-state index contributed by atoms with van der Waals surface area (Å²) in [5, 5.41) is 0.584. The van der Waals surface area contributed by atoms with E-state index in [4.69, 9.17) is 46.1 Å². The van der Waals surface area contributed by atoms with Gasteiger partial charge in [-0.3, -0.25) is 18.9 Å². The number of phosphoric ester groups is 1. The molecule has 4 heterocycles. The minimum Gasteiger partial charge on any atom is -0.490 e. The molecule has 37 heavy (non-hydrogen) atoms. The second kappa shape index (κ2) is 9.64. The van der Waals surface area contributed by atoms with Gasteiger partial charge in [0.1, 0.15) is 37.2 Å². The number of aromatic nitrogens is 4. The van der Waals surface area contributed by atoms with Crippen LogP contribution in [-0.2, 0) is 29.8 Å². The summed E-state index contributed by atoms with van der Waals surface area (Å²) in [6, 6.07) is 6.88. The lowest BCUT2D eigenvalue weighted by Gasteiger charge is -2.23. The van der Waals surface area contributed by atoms with E-state index in [0.29, 0.717) is 10.8 Å². The van der Waals surface area contributed by atoms with Crippen LogP contribution in [-0.4, -0.2) is 61.6 Å². The molecule has 0 radical (unpaired) electrons. The summed E-state index contributed by atoms with van der Waals surface area (Å²) in [4.78, 5) is 38.0. The van der Waals surface area contributed by atoms with Gasteiger partial charge in [0.05, 0.1) is 6.61 Å². The fraction of sp³-hybridized carbons (Fsp3) is 0.476. The molecule has 4 atom stereocenters. The van der Waals surface area contributed by atoms with E-state index >= 15 is 0 Å². The average molecular weight is 559 g/mol. The van der Waals surface area contributed by atoms with Crippen molar-refractivity contribution in [3.8, 4) is 5.75 Å². The van der Waals surface area contributed by atoms with Crippen molar-refractivity contribution in [3.63, 3.8) is 0 Å². The fourth-order valence-corrected chi connectivity index (χ4v) is 4.98. The number of nitrogens with two attached hydrogens (primary N) is 1. The van der Waals surface area contributed by atoms with Gasteiger partial charge in [0.2, 0.25) is 11.7 Å². The number of benzene rings is 1. The Morgan fingerprint density at radius 3 is 2.68 bits per heavy atom. The van der Waals surface area contributed by atoms with Gasteiger partial charge in [-0.15, -0.1) is 0 Å². The highest BCUT2D eigenvalue weighted by molar-refractivity contribution is 7.46. The van der Waals surface area contributed by atoms with Gasteiger partial charge in [-0.05, 0) is 38.1 Å². The van der Waals surface area contributed by atoms with Crippen LogP contribution < -0.4 is 20.6 Å². The number of anilines is 1. The topological polar surface area (TPSA) is 184 Å². The van der Waals surface area contributed by atoms with Gasteiger partial charge in [0.15, 0.2) is 12.1 Å². The van der Waals surface area contributed by atoms with Crippen molar-refractivity contribution in [3.05, 3.63) is 46.0 Å². The van der Waals surface area contributed by atoms with Crippen molar-refractivity contribution in [2.24, 2.45) is 0 Å². The summed E-state index contributed by atoms with van der Waals surface area (Å²) in [6.07, 6.45) is -1.52. The molecular formula is C21H26ClN5O9P+. The van der Waals surface area contributed by atoms with Crippen molar-refractivity contribution < 1.29 is 42.4 Å². The lowest BCUT2D eigenvalue weighted by molar-refractivity contribution is -0.746. The number of phosphoric acid groups is 1. The molecule has 3 aromatic rings. The van der Waals surface area contributed by atoms with Crippen LogP contribution >= 0.6 is 19.4 Å². The third-order valence-electron chi connectivity index (χ3n) is 5.91. The van der Waals surface area contributed by atoms with Crippen molar-refractivity contribution in [1.29, 1.82) is 0 Å². The van der Waals surface area contributed by atoms with E-state index < -0.39 is 50.3 Å². The number of nitrogen functional groups attached to an aromatic ring is 1. The molecule has 2 aliphatic heterocycles. The number of aromatic amines is 1. The Labute approximate surface area is 215 Å². The van der Waals surface area contributed by atoms with Crippen LogP contribution in [0.15, 0.2) is 35.4 Å². The number of rotatable bonds is 8. The highest BCUT2D eigenvalue weighted by atomic mass is 35.5. The molecule has 14 nitrogen and oxygen atoms in total. The van der Waals surface area contributed by atoms with Crippen molar-refractivity contribution in [1.82, 2.24) is 14.5 Å². The maximum Gasteiger partial charge on any atom is 0.469 e. The number of hydrogen-bond acceptors (Lipinski definition) is 9. The number of nitrogens with zero attached hydrogens (tertiary/aromatic N) is 3. The number of hydrogen-bond donors (Lipinski definition) is 4. The normalized spacial score (nSPS) is 25.0. The fourth-order valence-electron chi connectivity index (χ4n) is 4.51. The second-order valence-electron chi connectivity index (χ2n) is 9.06. The summed E-state index contributed by atoms with van der Waals surface area (Å²) in [6.45, 7) is 3.48. The molecule has 5 rings (SSSR count). The van der Waals surface area contributed by atoms with Gasteiger partial charge in [0, 0.05) is 5.02 Å². The molecule has 2 aliphatic rings. The molecule has 2 fully saturated rings. The molecule has 0 spiro atoms. The van der Waals surface area contributed by atoms with E-state index in [-0.39, 0.29) is 30.3 Å². The summed E-state index contributed by atoms with van der Waals surface area (Å²) < 4.78 is 43.1. The first-order valence-electron chi connectivity index (χ1n) is 11.3. The van der Waals surface area contributed by atoms with Crippen LogP contribution in [0.1, 0.15) is 20.1 Å². The quantitative estimate of drug-likeness (QED) is 0.227.